The molecule has 1 aromatic heterocycles. The lowest BCUT2D eigenvalue weighted by Crippen LogP contribution is -2.13. The minimum Gasteiger partial charge on any atom is -0.256 e. The Morgan fingerprint density at radius 2 is 1.71 bits per heavy atom. The quantitative estimate of drug-likeness (QED) is 0.615. The van der Waals surface area contributed by atoms with Gasteiger partial charge in [0.1, 0.15) is 5.69 Å². The summed E-state index contributed by atoms with van der Waals surface area (Å²) in [7, 11) is -3.29. The summed E-state index contributed by atoms with van der Waals surface area (Å²) in [4.78, 5) is 9.33. The average molecular weight is 393 g/mol. The van der Waals surface area contributed by atoms with E-state index in [1.54, 1.807) is 44.3 Å². The lowest BCUT2D eigenvalue weighted by atomic mass is 10.1. The number of hydrogen-bond donors (Lipinski definition) is 0. The van der Waals surface area contributed by atoms with Crippen LogP contribution < -0.4 is 0 Å². The predicted molar refractivity (Wildman–Crippen MR) is 114 cm³/mol. The van der Waals surface area contributed by atoms with E-state index in [0.717, 1.165) is 16.8 Å². The molecular weight excluding hydrogens is 368 g/mol. The number of hydrogen-bond acceptors (Lipinski definition) is 4. The van der Waals surface area contributed by atoms with Crippen molar-refractivity contribution in [2.45, 2.75) is 37.3 Å². The van der Waals surface area contributed by atoms with E-state index in [0.29, 0.717) is 22.7 Å². The topological polar surface area (TPSA) is 59.9 Å². The number of benzene rings is 2. The molecule has 1 heterocycles. The van der Waals surface area contributed by atoms with Gasteiger partial charge in [-0.25, -0.2) is 13.4 Å². The van der Waals surface area contributed by atoms with E-state index in [2.05, 4.69) is 21.8 Å². The molecule has 0 N–H and O–H groups in total. The number of rotatable bonds is 4. The third-order valence-electron chi connectivity index (χ3n) is 4.40. The fourth-order valence-corrected chi connectivity index (χ4v) is 3.68. The molecule has 3 rings (SSSR count). The molecule has 0 aliphatic rings. The first kappa shape index (κ1) is 19.8. The third-order valence-corrected chi connectivity index (χ3v) is 6.57. The molecule has 0 amide bonds. The molecule has 0 spiro atoms. The van der Waals surface area contributed by atoms with Crippen LogP contribution in [-0.4, -0.2) is 23.6 Å². The molecule has 0 saturated heterocycles. The first-order valence-corrected chi connectivity index (χ1v) is 10.6. The Morgan fingerprint density at radius 3 is 2.36 bits per heavy atom. The van der Waals surface area contributed by atoms with E-state index in [1.165, 1.54) is 0 Å². The van der Waals surface area contributed by atoms with Crippen LogP contribution in [0.3, 0.4) is 0 Å². The highest BCUT2D eigenvalue weighted by Crippen LogP contribution is 2.22. The Bertz CT molecular complexity index is 1130. The highest BCUT2D eigenvalue weighted by Gasteiger charge is 2.19. The highest BCUT2D eigenvalue weighted by molar-refractivity contribution is 7.92. The molecule has 144 valence electrons. The summed E-state index contributed by atoms with van der Waals surface area (Å²) >= 11 is 0. The molecule has 5 heteroatoms. The SMILES string of the molecule is Cc1ncc(-c2ccc(S(=O)(=O)C(C)C)cc2)nc1C#CCc1ccccc1.[HH]. The van der Waals surface area contributed by atoms with Crippen LogP contribution in [0, 0.1) is 18.8 Å². The standard InChI is InChI=1S/C23H22N2O2S.H2/c1-17(2)28(26,27)21-14-12-20(13-15-21)23-16-24-18(3)22(25-23)11-7-10-19-8-5-4-6-9-19;/h4-6,8-9,12-17H,10H2,1-3H3;1H. The Hall–Kier alpha value is -2.97. The summed E-state index contributed by atoms with van der Waals surface area (Å²) in [6, 6.07) is 16.8. The van der Waals surface area contributed by atoms with Crippen LogP contribution in [0.2, 0.25) is 0 Å². The van der Waals surface area contributed by atoms with Crippen LogP contribution in [0.5, 0.6) is 0 Å². The van der Waals surface area contributed by atoms with Crippen molar-refractivity contribution < 1.29 is 9.84 Å². The molecule has 2 aromatic carbocycles. The predicted octanol–water partition coefficient (Wildman–Crippen LogP) is 4.47. The van der Waals surface area contributed by atoms with E-state index in [4.69, 9.17) is 0 Å². The van der Waals surface area contributed by atoms with Crippen LogP contribution in [0.25, 0.3) is 11.3 Å². The van der Waals surface area contributed by atoms with E-state index >= 15 is 0 Å². The minimum absolute atomic E-state index is 0. The van der Waals surface area contributed by atoms with Crippen molar-refractivity contribution in [2.24, 2.45) is 0 Å². The van der Waals surface area contributed by atoms with Gasteiger partial charge in [-0.15, -0.1) is 0 Å². The van der Waals surface area contributed by atoms with Crippen molar-refractivity contribution in [3.05, 3.63) is 77.7 Å². The summed E-state index contributed by atoms with van der Waals surface area (Å²) < 4.78 is 24.5. The second kappa shape index (κ2) is 8.37. The largest absolute Gasteiger partial charge is 0.256 e. The average Bonchev–Trinajstić information content (AvgIpc) is 2.70. The molecule has 0 radical (unpaired) electrons. The van der Waals surface area contributed by atoms with Gasteiger partial charge in [-0.3, -0.25) is 4.98 Å². The molecule has 0 saturated carbocycles. The van der Waals surface area contributed by atoms with Gasteiger partial charge in [0, 0.05) is 13.4 Å². The Labute approximate surface area is 168 Å². The molecule has 0 bridgehead atoms. The molecule has 28 heavy (non-hydrogen) atoms. The highest BCUT2D eigenvalue weighted by atomic mass is 32.2. The smallest absolute Gasteiger partial charge is 0.180 e. The zero-order valence-corrected chi connectivity index (χ0v) is 17.0. The second-order valence-electron chi connectivity index (χ2n) is 6.77. The van der Waals surface area contributed by atoms with Crippen molar-refractivity contribution >= 4 is 9.84 Å². The summed E-state index contributed by atoms with van der Waals surface area (Å²) in [6.45, 7) is 5.23. The molecule has 0 atom stereocenters. The van der Waals surface area contributed by atoms with Gasteiger partial charge in [0.2, 0.25) is 0 Å². The van der Waals surface area contributed by atoms with Crippen LogP contribution >= 0.6 is 0 Å². The fraction of sp³-hybridized carbons (Fsp3) is 0.217. The van der Waals surface area contributed by atoms with Crippen LogP contribution in [-0.2, 0) is 16.3 Å². The summed E-state index contributed by atoms with van der Waals surface area (Å²) in [6.07, 6.45) is 2.33. The van der Waals surface area contributed by atoms with Crippen molar-refractivity contribution in [3.63, 3.8) is 0 Å². The monoisotopic (exact) mass is 392 g/mol. The number of nitrogens with zero attached hydrogens (tertiary/aromatic N) is 2. The first-order valence-electron chi connectivity index (χ1n) is 9.08. The maximum absolute atomic E-state index is 12.3. The van der Waals surface area contributed by atoms with Crippen LogP contribution in [0.15, 0.2) is 65.7 Å². The van der Waals surface area contributed by atoms with Crippen molar-refractivity contribution in [3.8, 4) is 23.1 Å². The number of aryl methyl sites for hydroxylation is 1. The first-order chi connectivity index (χ1) is 13.4. The zero-order valence-electron chi connectivity index (χ0n) is 16.2. The van der Waals surface area contributed by atoms with Gasteiger partial charge >= 0.3 is 0 Å². The maximum atomic E-state index is 12.3. The molecule has 0 aliphatic carbocycles. The molecule has 4 nitrogen and oxygen atoms in total. The second-order valence-corrected chi connectivity index (χ2v) is 9.28. The number of aromatic nitrogens is 2. The zero-order chi connectivity index (χ0) is 20.1. The normalized spacial score (nSPS) is 11.1. The Morgan fingerprint density at radius 1 is 1.04 bits per heavy atom. The summed E-state index contributed by atoms with van der Waals surface area (Å²) in [5, 5.41) is -0.455. The van der Waals surface area contributed by atoms with Crippen molar-refractivity contribution in [2.75, 3.05) is 0 Å². The molecule has 0 fully saturated rings. The molecular formula is C23H24N2O2S. The van der Waals surface area contributed by atoms with Gasteiger partial charge in [-0.1, -0.05) is 48.4 Å². The number of sulfone groups is 1. The minimum atomic E-state index is -3.29. The van der Waals surface area contributed by atoms with E-state index in [-0.39, 0.29) is 1.43 Å². The lowest BCUT2D eigenvalue weighted by molar-refractivity contribution is 0.587. The van der Waals surface area contributed by atoms with Gasteiger partial charge in [-0.05, 0) is 44.4 Å². The fourth-order valence-electron chi connectivity index (χ4n) is 2.62. The van der Waals surface area contributed by atoms with Crippen molar-refractivity contribution in [1.82, 2.24) is 9.97 Å². The molecule has 3 aromatic rings. The van der Waals surface area contributed by atoms with Gasteiger partial charge < -0.3 is 0 Å². The maximum Gasteiger partial charge on any atom is 0.180 e. The molecule has 0 aliphatic heterocycles. The van der Waals surface area contributed by atoms with Crippen LogP contribution in [0.1, 0.15) is 32.2 Å². The van der Waals surface area contributed by atoms with Crippen molar-refractivity contribution in [1.29, 1.82) is 0 Å². The van der Waals surface area contributed by atoms with Gasteiger partial charge in [0.15, 0.2) is 9.84 Å². The summed E-state index contributed by atoms with van der Waals surface area (Å²) in [5.41, 5.74) is 4.03. The Kier molecular flexibility index (Phi) is 5.91. The van der Waals surface area contributed by atoms with Gasteiger partial charge in [0.25, 0.3) is 0 Å². The van der Waals surface area contributed by atoms with E-state index < -0.39 is 15.1 Å². The third kappa shape index (κ3) is 4.47. The van der Waals surface area contributed by atoms with E-state index in [1.807, 2.05) is 37.3 Å². The Balaban J connectivity index is 0.00000300. The summed E-state index contributed by atoms with van der Waals surface area (Å²) in [5.74, 6) is 6.25. The van der Waals surface area contributed by atoms with E-state index in [9.17, 15) is 8.42 Å². The van der Waals surface area contributed by atoms with Gasteiger partial charge in [-0.2, -0.15) is 0 Å². The van der Waals surface area contributed by atoms with Gasteiger partial charge in [0.05, 0.1) is 27.7 Å². The molecule has 0 unspecified atom stereocenters. The lowest BCUT2D eigenvalue weighted by Gasteiger charge is -2.09. The van der Waals surface area contributed by atoms with Crippen LogP contribution in [0.4, 0.5) is 0 Å².